The number of hydrogen-bond donors (Lipinski definition) is 0. The molecule has 1 aliphatic rings. The molecular weight excluding hydrogens is 434 g/mol. The Bertz CT molecular complexity index is 997. The molecule has 3 rings (SSSR count). The van der Waals surface area contributed by atoms with Crippen LogP contribution in [-0.2, 0) is 16.1 Å². The molecule has 0 aliphatic carbocycles. The molecule has 0 aromatic heterocycles. The first-order chi connectivity index (χ1) is 16.6. The molecular formula is C27H33NO6. The number of carbonyl (C=O) groups is 1. The molecule has 0 N–H and O–H groups in total. The summed E-state index contributed by atoms with van der Waals surface area (Å²) >= 11 is 0. The van der Waals surface area contributed by atoms with Crippen LogP contribution in [-0.4, -0.2) is 58.0 Å². The van der Waals surface area contributed by atoms with E-state index in [2.05, 4.69) is 6.58 Å². The largest absolute Gasteiger partial charge is 0.497 e. The molecule has 1 saturated heterocycles. The molecule has 34 heavy (non-hydrogen) atoms. The summed E-state index contributed by atoms with van der Waals surface area (Å²) in [4.78, 5) is 15.1. The van der Waals surface area contributed by atoms with Crippen LogP contribution in [0.1, 0.15) is 24.0 Å². The summed E-state index contributed by atoms with van der Waals surface area (Å²) in [5.41, 5.74) is 1.69. The van der Waals surface area contributed by atoms with Crippen molar-refractivity contribution >= 4 is 12.0 Å². The van der Waals surface area contributed by atoms with E-state index in [1.54, 1.807) is 44.5 Å². The lowest BCUT2D eigenvalue weighted by molar-refractivity contribution is -0.128. The van der Waals surface area contributed by atoms with Crippen LogP contribution in [0.25, 0.3) is 6.08 Å². The molecule has 1 atom stereocenters. The van der Waals surface area contributed by atoms with Crippen LogP contribution in [0.15, 0.2) is 55.1 Å². The zero-order valence-electron chi connectivity index (χ0n) is 20.1. The van der Waals surface area contributed by atoms with Gasteiger partial charge in [0.25, 0.3) is 0 Å². The minimum Gasteiger partial charge on any atom is -0.497 e. The highest BCUT2D eigenvalue weighted by Gasteiger charge is 2.22. The Morgan fingerprint density at radius 3 is 2.56 bits per heavy atom. The first-order valence-corrected chi connectivity index (χ1v) is 11.3. The number of rotatable bonds is 12. The molecule has 2 aromatic rings. The fourth-order valence-corrected chi connectivity index (χ4v) is 3.80. The van der Waals surface area contributed by atoms with E-state index in [1.165, 1.54) is 0 Å². The summed E-state index contributed by atoms with van der Waals surface area (Å²) in [5, 5.41) is 0. The van der Waals surface area contributed by atoms with E-state index < -0.39 is 0 Å². The molecule has 0 bridgehead atoms. The summed E-state index contributed by atoms with van der Waals surface area (Å²) in [6.45, 7) is 5.71. The van der Waals surface area contributed by atoms with Crippen molar-refractivity contribution < 1.29 is 28.5 Å². The number of nitrogens with zero attached hydrogens (tertiary/aromatic N) is 1. The van der Waals surface area contributed by atoms with Gasteiger partial charge in [0.1, 0.15) is 18.1 Å². The Kier molecular flexibility index (Phi) is 9.40. The Hall–Kier alpha value is -3.45. The van der Waals surface area contributed by atoms with Gasteiger partial charge in [0, 0.05) is 31.3 Å². The second-order valence-electron chi connectivity index (χ2n) is 7.88. The lowest BCUT2D eigenvalue weighted by Crippen LogP contribution is -2.35. The average molecular weight is 468 g/mol. The van der Waals surface area contributed by atoms with E-state index in [4.69, 9.17) is 23.7 Å². The van der Waals surface area contributed by atoms with E-state index in [-0.39, 0.29) is 12.0 Å². The van der Waals surface area contributed by atoms with Crippen molar-refractivity contribution in [3.05, 3.63) is 66.3 Å². The summed E-state index contributed by atoms with van der Waals surface area (Å²) < 4.78 is 27.7. The molecule has 7 nitrogen and oxygen atoms in total. The third-order valence-electron chi connectivity index (χ3n) is 5.56. The van der Waals surface area contributed by atoms with Gasteiger partial charge in [-0.2, -0.15) is 0 Å². The summed E-state index contributed by atoms with van der Waals surface area (Å²) in [7, 11) is 4.80. The molecule has 1 unspecified atom stereocenters. The molecule has 0 radical (unpaired) electrons. The van der Waals surface area contributed by atoms with Gasteiger partial charge in [-0.3, -0.25) is 4.79 Å². The van der Waals surface area contributed by atoms with Crippen LogP contribution >= 0.6 is 0 Å². The minimum absolute atomic E-state index is 0.0285. The third-order valence-corrected chi connectivity index (χ3v) is 5.56. The van der Waals surface area contributed by atoms with Crippen molar-refractivity contribution in [2.45, 2.75) is 25.5 Å². The van der Waals surface area contributed by atoms with Gasteiger partial charge < -0.3 is 28.6 Å². The van der Waals surface area contributed by atoms with E-state index in [0.29, 0.717) is 42.7 Å². The van der Waals surface area contributed by atoms with Gasteiger partial charge in [0.2, 0.25) is 5.91 Å². The van der Waals surface area contributed by atoms with Gasteiger partial charge in [-0.15, -0.1) is 0 Å². The van der Waals surface area contributed by atoms with E-state index in [0.717, 1.165) is 30.6 Å². The Labute approximate surface area is 201 Å². The van der Waals surface area contributed by atoms with Crippen LogP contribution in [0.2, 0.25) is 0 Å². The van der Waals surface area contributed by atoms with Crippen LogP contribution in [0.5, 0.6) is 23.0 Å². The lowest BCUT2D eigenvalue weighted by Gasteiger charge is -2.25. The van der Waals surface area contributed by atoms with Gasteiger partial charge in [-0.25, -0.2) is 0 Å². The van der Waals surface area contributed by atoms with Crippen molar-refractivity contribution in [2.24, 2.45) is 0 Å². The Morgan fingerprint density at radius 1 is 1.09 bits per heavy atom. The van der Waals surface area contributed by atoms with Gasteiger partial charge in [0.15, 0.2) is 11.5 Å². The van der Waals surface area contributed by atoms with E-state index in [1.807, 2.05) is 36.4 Å². The maximum Gasteiger partial charge on any atom is 0.246 e. The SMILES string of the molecule is C=CCOc1ccc(CN(CC2CCCO2)C(=O)/C=C/c2cc(OC)ccc2OC)cc1OC. The zero-order chi connectivity index (χ0) is 24.3. The summed E-state index contributed by atoms with van der Waals surface area (Å²) in [6, 6.07) is 11.1. The standard InChI is InChI=1S/C27H33NO6/c1-5-14-34-25-11-8-20(16-26(25)32-4)18-28(19-23-7-6-15-33-23)27(29)13-9-21-17-22(30-2)10-12-24(21)31-3/h5,8-13,16-17,23H,1,6-7,14-15,18-19H2,2-4H3/b13-9+. The predicted octanol–water partition coefficient (Wildman–Crippen LogP) is 4.50. The number of hydrogen-bond acceptors (Lipinski definition) is 6. The van der Waals surface area contributed by atoms with Gasteiger partial charge >= 0.3 is 0 Å². The number of benzene rings is 2. The average Bonchev–Trinajstić information content (AvgIpc) is 3.38. The van der Waals surface area contributed by atoms with E-state index in [9.17, 15) is 4.79 Å². The number of ether oxygens (including phenoxy) is 5. The van der Waals surface area contributed by atoms with Crippen molar-refractivity contribution in [1.29, 1.82) is 0 Å². The van der Waals surface area contributed by atoms with Crippen LogP contribution < -0.4 is 18.9 Å². The maximum absolute atomic E-state index is 13.3. The highest BCUT2D eigenvalue weighted by atomic mass is 16.5. The highest BCUT2D eigenvalue weighted by Crippen LogP contribution is 2.29. The molecule has 1 amide bonds. The minimum atomic E-state index is -0.119. The molecule has 182 valence electrons. The molecule has 7 heteroatoms. The Balaban J connectivity index is 1.81. The highest BCUT2D eigenvalue weighted by molar-refractivity contribution is 5.92. The molecule has 0 spiro atoms. The number of methoxy groups -OCH3 is 3. The third kappa shape index (κ3) is 6.78. The van der Waals surface area contributed by atoms with Crippen molar-refractivity contribution in [1.82, 2.24) is 4.90 Å². The smallest absolute Gasteiger partial charge is 0.246 e. The lowest BCUT2D eigenvalue weighted by atomic mass is 10.1. The summed E-state index contributed by atoms with van der Waals surface area (Å²) in [6.07, 6.45) is 6.96. The maximum atomic E-state index is 13.3. The molecule has 2 aromatic carbocycles. The van der Waals surface area contributed by atoms with Crippen LogP contribution in [0.4, 0.5) is 0 Å². The van der Waals surface area contributed by atoms with Crippen molar-refractivity contribution in [2.75, 3.05) is 41.1 Å². The monoisotopic (exact) mass is 467 g/mol. The molecule has 1 aliphatic heterocycles. The van der Waals surface area contributed by atoms with Gasteiger partial charge in [0.05, 0.1) is 27.4 Å². The number of carbonyl (C=O) groups excluding carboxylic acids is 1. The molecule has 1 fully saturated rings. The predicted molar refractivity (Wildman–Crippen MR) is 132 cm³/mol. The number of amides is 1. The normalized spacial score (nSPS) is 15.2. The Morgan fingerprint density at radius 2 is 1.88 bits per heavy atom. The molecule has 1 heterocycles. The topological polar surface area (TPSA) is 66.5 Å². The van der Waals surface area contributed by atoms with Crippen LogP contribution in [0.3, 0.4) is 0 Å². The molecule has 0 saturated carbocycles. The first kappa shape index (κ1) is 25.2. The van der Waals surface area contributed by atoms with Crippen molar-refractivity contribution in [3.63, 3.8) is 0 Å². The van der Waals surface area contributed by atoms with Crippen LogP contribution in [0, 0.1) is 0 Å². The van der Waals surface area contributed by atoms with Crippen molar-refractivity contribution in [3.8, 4) is 23.0 Å². The first-order valence-electron chi connectivity index (χ1n) is 11.3. The fourth-order valence-electron chi connectivity index (χ4n) is 3.80. The second-order valence-corrected chi connectivity index (χ2v) is 7.88. The van der Waals surface area contributed by atoms with E-state index >= 15 is 0 Å². The van der Waals surface area contributed by atoms with Gasteiger partial charge in [-0.1, -0.05) is 18.7 Å². The summed E-state index contributed by atoms with van der Waals surface area (Å²) in [5.74, 6) is 2.48. The zero-order valence-corrected chi connectivity index (χ0v) is 20.1. The fraction of sp³-hybridized carbons (Fsp3) is 0.370. The second kappa shape index (κ2) is 12.7. The van der Waals surface area contributed by atoms with Gasteiger partial charge in [-0.05, 0) is 54.8 Å². The quantitative estimate of drug-likeness (QED) is 0.338.